The van der Waals surface area contributed by atoms with Gasteiger partial charge in [0.2, 0.25) is 0 Å². The molecule has 1 aliphatic rings. The van der Waals surface area contributed by atoms with E-state index in [0.717, 1.165) is 6.61 Å². The average Bonchev–Trinajstić information content (AvgIpc) is 2.75. The highest BCUT2D eigenvalue weighted by atomic mass is 32.2. The number of thioether (sulfide) groups is 1. The molecule has 0 aromatic heterocycles. The maximum atomic E-state index is 5.58. The summed E-state index contributed by atoms with van der Waals surface area (Å²) in [5, 5.41) is 3.27. The molecule has 1 fully saturated rings. The van der Waals surface area contributed by atoms with Crippen LogP contribution in [0.25, 0.3) is 0 Å². The summed E-state index contributed by atoms with van der Waals surface area (Å²) >= 11 is 2.06. The Kier molecular flexibility index (Phi) is 7.49. The van der Waals surface area contributed by atoms with E-state index >= 15 is 0 Å². The summed E-state index contributed by atoms with van der Waals surface area (Å²) < 4.78 is 5.58. The standard InChI is InChI=1S/C12H25NOS/c1-11(13-2)6-3-4-9-15-10-12-7-5-8-14-12/h11-13H,3-10H2,1-2H3. The third-order valence-corrected chi connectivity index (χ3v) is 4.18. The van der Waals surface area contributed by atoms with Crippen LogP contribution in [-0.4, -0.2) is 37.3 Å². The van der Waals surface area contributed by atoms with Gasteiger partial charge in [-0.3, -0.25) is 0 Å². The van der Waals surface area contributed by atoms with Gasteiger partial charge in [0, 0.05) is 18.4 Å². The van der Waals surface area contributed by atoms with Crippen LogP contribution in [0.2, 0.25) is 0 Å². The summed E-state index contributed by atoms with van der Waals surface area (Å²) in [4.78, 5) is 0. The van der Waals surface area contributed by atoms with Gasteiger partial charge in [-0.15, -0.1) is 0 Å². The van der Waals surface area contributed by atoms with Crippen LogP contribution in [0.15, 0.2) is 0 Å². The van der Waals surface area contributed by atoms with Gasteiger partial charge < -0.3 is 10.1 Å². The summed E-state index contributed by atoms with van der Waals surface area (Å²) in [6.45, 7) is 3.24. The van der Waals surface area contributed by atoms with Crippen LogP contribution in [0.1, 0.15) is 39.0 Å². The monoisotopic (exact) mass is 231 g/mol. The maximum absolute atomic E-state index is 5.58. The first-order chi connectivity index (χ1) is 7.33. The highest BCUT2D eigenvalue weighted by Gasteiger charge is 2.14. The van der Waals surface area contributed by atoms with E-state index in [4.69, 9.17) is 4.74 Å². The van der Waals surface area contributed by atoms with Crippen molar-refractivity contribution >= 4 is 11.8 Å². The van der Waals surface area contributed by atoms with Crippen molar-refractivity contribution in [3.63, 3.8) is 0 Å². The van der Waals surface area contributed by atoms with E-state index in [0.29, 0.717) is 12.1 Å². The minimum Gasteiger partial charge on any atom is -0.377 e. The summed E-state index contributed by atoms with van der Waals surface area (Å²) in [6, 6.07) is 0.674. The smallest absolute Gasteiger partial charge is 0.0666 e. The van der Waals surface area contributed by atoms with E-state index in [2.05, 4.69) is 24.0 Å². The molecule has 1 N–H and O–H groups in total. The molecule has 90 valence electrons. The fourth-order valence-electron chi connectivity index (χ4n) is 1.79. The van der Waals surface area contributed by atoms with E-state index < -0.39 is 0 Å². The van der Waals surface area contributed by atoms with Gasteiger partial charge in [0.05, 0.1) is 6.10 Å². The number of ether oxygens (including phenoxy) is 1. The SMILES string of the molecule is CNC(C)CCCCSCC1CCCO1. The van der Waals surface area contributed by atoms with E-state index in [1.165, 1.54) is 43.6 Å². The molecule has 0 aliphatic carbocycles. The Balaban J connectivity index is 1.80. The molecule has 0 saturated carbocycles. The van der Waals surface area contributed by atoms with Gasteiger partial charge in [0.1, 0.15) is 0 Å². The number of unbranched alkanes of at least 4 members (excludes halogenated alkanes) is 1. The Hall–Kier alpha value is 0.270. The summed E-state index contributed by atoms with van der Waals surface area (Å²) in [6.07, 6.45) is 7.11. The molecule has 2 nitrogen and oxygen atoms in total. The first-order valence-corrected chi connectivity index (χ1v) is 7.35. The second-order valence-corrected chi connectivity index (χ2v) is 5.55. The van der Waals surface area contributed by atoms with Crippen molar-refractivity contribution in [2.45, 2.75) is 51.2 Å². The van der Waals surface area contributed by atoms with Crippen molar-refractivity contribution in [3.8, 4) is 0 Å². The second kappa shape index (κ2) is 8.43. The molecule has 15 heavy (non-hydrogen) atoms. The summed E-state index contributed by atoms with van der Waals surface area (Å²) in [7, 11) is 2.04. The van der Waals surface area contributed by atoms with Gasteiger partial charge in [-0.05, 0) is 45.4 Å². The van der Waals surface area contributed by atoms with Crippen molar-refractivity contribution in [3.05, 3.63) is 0 Å². The van der Waals surface area contributed by atoms with Gasteiger partial charge in [-0.1, -0.05) is 6.42 Å². The molecule has 1 rings (SSSR count). The van der Waals surface area contributed by atoms with Gasteiger partial charge in [0.25, 0.3) is 0 Å². The molecule has 0 radical (unpaired) electrons. The number of hydrogen-bond acceptors (Lipinski definition) is 3. The molecular weight excluding hydrogens is 206 g/mol. The van der Waals surface area contributed by atoms with Gasteiger partial charge in [-0.25, -0.2) is 0 Å². The highest BCUT2D eigenvalue weighted by molar-refractivity contribution is 7.99. The summed E-state index contributed by atoms with van der Waals surface area (Å²) in [5.41, 5.74) is 0. The molecule has 0 aromatic rings. The predicted octanol–water partition coefficient (Wildman–Crippen LogP) is 2.68. The summed E-state index contributed by atoms with van der Waals surface area (Å²) in [5.74, 6) is 2.51. The molecule has 2 unspecified atom stereocenters. The average molecular weight is 231 g/mol. The maximum Gasteiger partial charge on any atom is 0.0666 e. The number of hydrogen-bond donors (Lipinski definition) is 1. The lowest BCUT2D eigenvalue weighted by atomic mass is 10.1. The Morgan fingerprint density at radius 1 is 1.47 bits per heavy atom. The van der Waals surface area contributed by atoms with Gasteiger partial charge in [-0.2, -0.15) is 11.8 Å². The third kappa shape index (κ3) is 6.44. The lowest BCUT2D eigenvalue weighted by Gasteiger charge is -2.10. The quantitative estimate of drug-likeness (QED) is 0.649. The molecule has 1 aliphatic heterocycles. The van der Waals surface area contributed by atoms with Crippen LogP contribution in [0.4, 0.5) is 0 Å². The van der Waals surface area contributed by atoms with Crippen LogP contribution >= 0.6 is 11.8 Å². The molecule has 1 heterocycles. The molecule has 0 aromatic carbocycles. The number of nitrogens with one attached hydrogen (secondary N) is 1. The molecule has 0 amide bonds. The molecule has 2 atom stereocenters. The van der Waals surface area contributed by atoms with Gasteiger partial charge >= 0.3 is 0 Å². The fourth-order valence-corrected chi connectivity index (χ4v) is 2.89. The van der Waals surface area contributed by atoms with Crippen LogP contribution in [0, 0.1) is 0 Å². The van der Waals surface area contributed by atoms with E-state index in [1.54, 1.807) is 0 Å². The number of rotatable bonds is 8. The molecule has 3 heteroatoms. The molecular formula is C12H25NOS. The van der Waals surface area contributed by atoms with E-state index in [1.807, 2.05) is 7.05 Å². The van der Waals surface area contributed by atoms with Crippen LogP contribution in [0.3, 0.4) is 0 Å². The molecule has 0 spiro atoms. The fraction of sp³-hybridized carbons (Fsp3) is 1.00. The predicted molar refractivity (Wildman–Crippen MR) is 68.7 cm³/mol. The second-order valence-electron chi connectivity index (χ2n) is 4.40. The largest absolute Gasteiger partial charge is 0.377 e. The Morgan fingerprint density at radius 2 is 2.33 bits per heavy atom. The van der Waals surface area contributed by atoms with Crippen molar-refractivity contribution in [1.29, 1.82) is 0 Å². The van der Waals surface area contributed by atoms with Crippen molar-refractivity contribution in [1.82, 2.24) is 5.32 Å². The first-order valence-electron chi connectivity index (χ1n) is 6.19. The zero-order chi connectivity index (χ0) is 10.9. The van der Waals surface area contributed by atoms with Crippen molar-refractivity contribution in [2.75, 3.05) is 25.2 Å². The van der Waals surface area contributed by atoms with Crippen LogP contribution in [0.5, 0.6) is 0 Å². The minimum atomic E-state index is 0.561. The topological polar surface area (TPSA) is 21.3 Å². The first kappa shape index (κ1) is 13.3. The lowest BCUT2D eigenvalue weighted by molar-refractivity contribution is 0.129. The van der Waals surface area contributed by atoms with E-state index in [9.17, 15) is 0 Å². The minimum absolute atomic E-state index is 0.561. The third-order valence-electron chi connectivity index (χ3n) is 3.00. The normalized spacial score (nSPS) is 23.2. The zero-order valence-corrected chi connectivity index (χ0v) is 10.9. The van der Waals surface area contributed by atoms with Crippen LogP contribution in [-0.2, 0) is 4.74 Å². The van der Waals surface area contributed by atoms with Crippen LogP contribution < -0.4 is 5.32 Å². The van der Waals surface area contributed by atoms with Gasteiger partial charge in [0.15, 0.2) is 0 Å². The molecule has 1 saturated heterocycles. The Morgan fingerprint density at radius 3 is 3.00 bits per heavy atom. The Bertz CT molecular complexity index is 149. The Labute approximate surface area is 98.5 Å². The highest BCUT2D eigenvalue weighted by Crippen LogP contribution is 2.18. The van der Waals surface area contributed by atoms with Crippen molar-refractivity contribution in [2.24, 2.45) is 0 Å². The lowest BCUT2D eigenvalue weighted by Crippen LogP contribution is -2.20. The van der Waals surface area contributed by atoms with E-state index in [-0.39, 0.29) is 0 Å². The zero-order valence-electron chi connectivity index (χ0n) is 10.1. The van der Waals surface area contributed by atoms with Crippen molar-refractivity contribution < 1.29 is 4.74 Å². The molecule has 0 bridgehead atoms.